The Morgan fingerprint density at radius 3 is 2.42 bits per heavy atom. The van der Waals surface area contributed by atoms with Crippen molar-refractivity contribution in [3.63, 3.8) is 0 Å². The third-order valence-electron chi connectivity index (χ3n) is 5.31. The first-order chi connectivity index (χ1) is 18.6. The number of rotatable bonds is 9. The molecule has 200 valence electrons. The van der Waals surface area contributed by atoms with Crippen LogP contribution in [0.2, 0.25) is 0 Å². The summed E-state index contributed by atoms with van der Waals surface area (Å²) in [7, 11) is 1.92. The largest absolute Gasteiger partial charge is 0.477 e. The molecule has 0 atom stereocenters. The van der Waals surface area contributed by atoms with Crippen molar-refractivity contribution in [2.24, 2.45) is 0 Å². The number of carbonyl (C=O) groups excluding carboxylic acids is 1. The lowest BCUT2D eigenvalue weighted by Crippen LogP contribution is -2.05. The lowest BCUT2D eigenvalue weighted by Gasteiger charge is -2.06. The Hall–Kier alpha value is -4.59. The summed E-state index contributed by atoms with van der Waals surface area (Å²) < 4.78 is 9.14. The molecule has 0 unspecified atom stereocenters. The van der Waals surface area contributed by atoms with Crippen LogP contribution in [0.5, 0.6) is 5.88 Å². The lowest BCUT2D eigenvalue weighted by atomic mass is 10.1. The highest BCUT2D eigenvalue weighted by Crippen LogP contribution is 2.29. The molecule has 38 heavy (non-hydrogen) atoms. The van der Waals surface area contributed by atoms with E-state index in [0.717, 1.165) is 34.0 Å². The zero-order valence-corrected chi connectivity index (χ0v) is 23.1. The van der Waals surface area contributed by atoms with Crippen LogP contribution in [0.15, 0.2) is 85.6 Å². The zero-order chi connectivity index (χ0) is 27.9. The first-order valence-electron chi connectivity index (χ1n) is 12.7. The van der Waals surface area contributed by atoms with E-state index in [4.69, 9.17) is 4.74 Å². The van der Waals surface area contributed by atoms with Crippen LogP contribution in [0.25, 0.3) is 22.6 Å². The molecule has 8 heteroatoms. The Morgan fingerprint density at radius 1 is 1.11 bits per heavy atom. The van der Waals surface area contributed by atoms with Crippen molar-refractivity contribution in [1.29, 1.82) is 0 Å². The first-order valence-corrected chi connectivity index (χ1v) is 12.7. The van der Waals surface area contributed by atoms with Crippen LogP contribution >= 0.6 is 0 Å². The molecule has 3 aromatic heterocycles. The summed E-state index contributed by atoms with van der Waals surface area (Å²) in [6.07, 6.45) is 9.86. The molecule has 0 radical (unpaired) electrons. The van der Waals surface area contributed by atoms with Gasteiger partial charge in [0, 0.05) is 18.8 Å². The summed E-state index contributed by atoms with van der Waals surface area (Å²) in [6, 6.07) is 16.2. The fraction of sp³-hybridized carbons (Fsp3) is 0.233. The topological polar surface area (TPSA) is 85.5 Å². The Kier molecular flexibility index (Phi) is 12.1. The summed E-state index contributed by atoms with van der Waals surface area (Å²) in [5.41, 5.74) is 4.68. The Balaban J connectivity index is 0.000000251. The van der Waals surface area contributed by atoms with Gasteiger partial charge in [0.15, 0.2) is 0 Å². The quantitative estimate of drug-likeness (QED) is 0.189. The van der Waals surface area contributed by atoms with Crippen molar-refractivity contribution in [1.82, 2.24) is 19.2 Å². The van der Waals surface area contributed by atoms with Crippen LogP contribution in [0, 0.1) is 6.92 Å². The van der Waals surface area contributed by atoms with E-state index in [9.17, 15) is 4.79 Å². The molecule has 4 aromatic rings. The normalized spacial score (nSPS) is 10.7. The molecule has 0 saturated heterocycles. The number of amides is 1. The smallest absolute Gasteiger partial charge is 0.238 e. The van der Waals surface area contributed by atoms with Crippen molar-refractivity contribution < 1.29 is 9.53 Å². The van der Waals surface area contributed by atoms with Crippen LogP contribution in [0.3, 0.4) is 0 Å². The Labute approximate surface area is 225 Å². The van der Waals surface area contributed by atoms with Crippen LogP contribution in [-0.2, 0) is 4.79 Å². The summed E-state index contributed by atoms with van der Waals surface area (Å²) in [4.78, 5) is 15.4. The lowest BCUT2D eigenvalue weighted by molar-refractivity contribution is -0.105. The molecule has 0 aliphatic heterocycles. The number of ether oxygens (including phenoxy) is 1. The van der Waals surface area contributed by atoms with Crippen molar-refractivity contribution in [2.45, 2.75) is 34.6 Å². The maximum atomic E-state index is 10.7. The predicted octanol–water partition coefficient (Wildman–Crippen LogP) is 6.83. The second-order valence-electron chi connectivity index (χ2n) is 7.55. The fourth-order valence-corrected chi connectivity index (χ4v) is 3.65. The molecule has 0 fully saturated rings. The molecule has 0 aliphatic carbocycles. The van der Waals surface area contributed by atoms with E-state index in [1.807, 2.05) is 96.4 Å². The van der Waals surface area contributed by atoms with Gasteiger partial charge in [0.1, 0.15) is 23.0 Å². The third-order valence-corrected chi connectivity index (χ3v) is 5.31. The van der Waals surface area contributed by atoms with Crippen molar-refractivity contribution in [2.75, 3.05) is 24.3 Å². The number of carbonyl (C=O) groups is 1. The number of fused-ring (bicyclic) bond motifs is 1. The summed E-state index contributed by atoms with van der Waals surface area (Å²) >= 11 is 0. The molecule has 8 nitrogen and oxygen atoms in total. The van der Waals surface area contributed by atoms with Gasteiger partial charge in [-0.3, -0.25) is 9.20 Å². The maximum Gasteiger partial charge on any atom is 0.238 e. The second kappa shape index (κ2) is 15.5. The van der Waals surface area contributed by atoms with Gasteiger partial charge < -0.3 is 15.4 Å². The van der Waals surface area contributed by atoms with E-state index >= 15 is 0 Å². The van der Waals surface area contributed by atoms with E-state index < -0.39 is 0 Å². The minimum Gasteiger partial charge on any atom is -0.477 e. The van der Waals surface area contributed by atoms with Crippen molar-refractivity contribution in [3.05, 3.63) is 91.2 Å². The number of benzene rings is 1. The number of hydrogen-bond acceptors (Lipinski definition) is 5. The summed E-state index contributed by atoms with van der Waals surface area (Å²) in [5.74, 6) is 2.13. The average Bonchev–Trinajstić information content (AvgIpc) is 3.49. The van der Waals surface area contributed by atoms with Crippen LogP contribution < -0.4 is 15.4 Å². The summed E-state index contributed by atoms with van der Waals surface area (Å²) in [6.45, 7) is 13.8. The van der Waals surface area contributed by atoms with Gasteiger partial charge in [-0.2, -0.15) is 0 Å². The van der Waals surface area contributed by atoms with Gasteiger partial charge in [0.05, 0.1) is 17.9 Å². The zero-order valence-electron chi connectivity index (χ0n) is 23.1. The van der Waals surface area contributed by atoms with Crippen LogP contribution in [0.4, 0.5) is 11.6 Å². The van der Waals surface area contributed by atoms with Gasteiger partial charge >= 0.3 is 0 Å². The number of hydrogen-bond donors (Lipinski definition) is 2. The molecule has 1 amide bonds. The Morgan fingerprint density at radius 2 is 1.82 bits per heavy atom. The number of pyridine rings is 1. The van der Waals surface area contributed by atoms with E-state index in [1.165, 1.54) is 0 Å². The second-order valence-corrected chi connectivity index (χ2v) is 7.55. The predicted molar refractivity (Wildman–Crippen MR) is 159 cm³/mol. The first kappa shape index (κ1) is 29.6. The van der Waals surface area contributed by atoms with Crippen LogP contribution in [0.1, 0.15) is 33.3 Å². The van der Waals surface area contributed by atoms with Gasteiger partial charge in [-0.1, -0.05) is 75.1 Å². The SMILES string of the molecule is C=C/C=C\C(=C/C)n1nc(OCC)c(C)c1NC=O.CC.CNc1c(-c2ccccc2)nc2ccccn12. The standard InChI is InChI=1S/C14H19N3O2.C14H13N3.C2H6/c1-5-8-9-12(6-2)17-13(15-10-18)11(4)14(16-17)19-7-3;1-15-14-13(11-7-3-2-4-8-11)16-12-9-5-6-10-17(12)14;1-2/h5-6,8-10H,1,7H2,2-4H3,(H,15,18);2-10,15H,1H3;1-2H3/b9-8-,12-6+;;. The molecule has 3 heterocycles. The minimum atomic E-state index is 0.512. The van der Waals surface area contributed by atoms with Gasteiger partial charge in [0.25, 0.3) is 0 Å². The number of allylic oxidation sites excluding steroid dienone is 5. The molecular weight excluding hydrogens is 476 g/mol. The molecule has 4 rings (SSSR count). The van der Waals surface area contributed by atoms with Gasteiger partial charge in [-0.25, -0.2) is 9.67 Å². The van der Waals surface area contributed by atoms with E-state index in [1.54, 1.807) is 16.8 Å². The number of anilines is 2. The number of aromatic nitrogens is 4. The number of imidazole rings is 1. The highest BCUT2D eigenvalue weighted by Gasteiger charge is 2.16. The van der Waals surface area contributed by atoms with Gasteiger partial charge in [0.2, 0.25) is 12.3 Å². The Bertz CT molecular complexity index is 1370. The molecule has 2 N–H and O–H groups in total. The van der Waals surface area contributed by atoms with E-state index in [0.29, 0.717) is 24.7 Å². The number of nitrogens with one attached hydrogen (secondary N) is 2. The molecule has 1 aromatic carbocycles. The monoisotopic (exact) mass is 514 g/mol. The molecule has 0 aliphatic rings. The fourth-order valence-electron chi connectivity index (χ4n) is 3.65. The number of nitrogens with zero attached hydrogens (tertiary/aromatic N) is 4. The van der Waals surface area contributed by atoms with E-state index in [-0.39, 0.29) is 0 Å². The molecular formula is C30H38N6O2. The molecule has 0 saturated carbocycles. The third kappa shape index (κ3) is 7.00. The van der Waals surface area contributed by atoms with E-state index in [2.05, 4.69) is 43.8 Å². The van der Waals surface area contributed by atoms with Gasteiger partial charge in [-0.05, 0) is 39.0 Å². The van der Waals surface area contributed by atoms with Crippen LogP contribution in [-0.4, -0.2) is 39.2 Å². The molecule has 0 bridgehead atoms. The molecule has 0 spiro atoms. The van der Waals surface area contributed by atoms with Gasteiger partial charge in [-0.15, -0.1) is 5.10 Å². The maximum absolute atomic E-state index is 10.7. The summed E-state index contributed by atoms with van der Waals surface area (Å²) in [5, 5.41) is 10.2. The highest BCUT2D eigenvalue weighted by molar-refractivity contribution is 5.77. The average molecular weight is 515 g/mol. The van der Waals surface area contributed by atoms with Crippen molar-refractivity contribution >= 4 is 29.4 Å². The van der Waals surface area contributed by atoms with Crippen molar-refractivity contribution in [3.8, 4) is 17.1 Å². The minimum absolute atomic E-state index is 0.512. The highest BCUT2D eigenvalue weighted by atomic mass is 16.5.